The van der Waals surface area contributed by atoms with E-state index < -0.39 is 0 Å². The molecule has 0 heterocycles. The number of aliphatic hydroxyl groups excluding tert-OH is 1. The van der Waals surface area contributed by atoms with Gasteiger partial charge in [-0.05, 0) is 31.3 Å². The van der Waals surface area contributed by atoms with E-state index in [2.05, 4.69) is 25.8 Å². The van der Waals surface area contributed by atoms with Crippen molar-refractivity contribution in [1.29, 1.82) is 0 Å². The van der Waals surface area contributed by atoms with Gasteiger partial charge in [0.05, 0.1) is 6.10 Å². The van der Waals surface area contributed by atoms with Crippen LogP contribution in [0.15, 0.2) is 0 Å². The second-order valence-electron chi connectivity index (χ2n) is 6.61. The molecule has 3 heteroatoms. The summed E-state index contributed by atoms with van der Waals surface area (Å²) >= 11 is 0. The van der Waals surface area contributed by atoms with Crippen LogP contribution in [0.3, 0.4) is 0 Å². The Hall–Kier alpha value is -0.120. The van der Waals surface area contributed by atoms with Gasteiger partial charge in [0.15, 0.2) is 0 Å². The van der Waals surface area contributed by atoms with Crippen molar-refractivity contribution in [1.82, 2.24) is 4.90 Å². The SMILES string of the molecule is CN(CC(O)CC1CCCC1)CC(C)(C)CN. The lowest BCUT2D eigenvalue weighted by Crippen LogP contribution is -2.40. The van der Waals surface area contributed by atoms with Crippen molar-refractivity contribution in [2.24, 2.45) is 17.1 Å². The highest BCUT2D eigenvalue weighted by Gasteiger charge is 2.22. The molecule has 0 aromatic heterocycles. The lowest BCUT2D eigenvalue weighted by molar-refractivity contribution is 0.0868. The molecule has 3 nitrogen and oxygen atoms in total. The summed E-state index contributed by atoms with van der Waals surface area (Å²) in [7, 11) is 2.08. The second-order valence-corrected chi connectivity index (χ2v) is 6.61. The summed E-state index contributed by atoms with van der Waals surface area (Å²) in [6.45, 7) is 6.76. The molecule has 0 radical (unpaired) electrons. The Bertz CT molecular complexity index is 212. The highest BCUT2D eigenvalue weighted by molar-refractivity contribution is 4.76. The van der Waals surface area contributed by atoms with Crippen LogP contribution in [0.5, 0.6) is 0 Å². The van der Waals surface area contributed by atoms with Gasteiger partial charge in [-0.3, -0.25) is 0 Å². The summed E-state index contributed by atoms with van der Waals surface area (Å²) in [4.78, 5) is 2.21. The highest BCUT2D eigenvalue weighted by Crippen LogP contribution is 2.28. The smallest absolute Gasteiger partial charge is 0.0669 e. The van der Waals surface area contributed by atoms with Gasteiger partial charge in [-0.15, -0.1) is 0 Å². The monoisotopic (exact) mass is 242 g/mol. The number of likely N-dealkylation sites (N-methyl/N-ethyl adjacent to an activating group) is 1. The molecule has 102 valence electrons. The van der Waals surface area contributed by atoms with Gasteiger partial charge in [-0.25, -0.2) is 0 Å². The molecule has 0 spiro atoms. The first-order valence-corrected chi connectivity index (χ1v) is 6.99. The molecule has 3 N–H and O–H groups in total. The Labute approximate surface area is 106 Å². The first-order chi connectivity index (χ1) is 7.93. The minimum atomic E-state index is -0.170. The van der Waals surface area contributed by atoms with Crippen molar-refractivity contribution in [3.8, 4) is 0 Å². The molecule has 0 aromatic carbocycles. The van der Waals surface area contributed by atoms with Crippen LogP contribution in [-0.2, 0) is 0 Å². The van der Waals surface area contributed by atoms with Crippen LogP contribution in [-0.4, -0.2) is 42.8 Å². The van der Waals surface area contributed by atoms with E-state index in [1.165, 1.54) is 25.7 Å². The predicted molar refractivity (Wildman–Crippen MR) is 72.9 cm³/mol. The summed E-state index contributed by atoms with van der Waals surface area (Å²) in [5.74, 6) is 0.765. The van der Waals surface area contributed by atoms with Crippen molar-refractivity contribution in [3.63, 3.8) is 0 Å². The molecule has 17 heavy (non-hydrogen) atoms. The molecule has 0 bridgehead atoms. The van der Waals surface area contributed by atoms with E-state index in [1.54, 1.807) is 0 Å². The van der Waals surface area contributed by atoms with Crippen molar-refractivity contribution in [2.45, 2.75) is 52.1 Å². The summed E-state index contributed by atoms with van der Waals surface area (Å²) in [6, 6.07) is 0. The molecule has 1 unspecified atom stereocenters. The lowest BCUT2D eigenvalue weighted by atomic mass is 9.93. The predicted octanol–water partition coefficient (Wildman–Crippen LogP) is 1.84. The zero-order valence-electron chi connectivity index (χ0n) is 11.8. The van der Waals surface area contributed by atoms with Crippen LogP contribution >= 0.6 is 0 Å². The van der Waals surface area contributed by atoms with E-state index in [4.69, 9.17) is 5.73 Å². The van der Waals surface area contributed by atoms with Gasteiger partial charge in [-0.1, -0.05) is 39.5 Å². The van der Waals surface area contributed by atoms with Crippen LogP contribution in [0, 0.1) is 11.3 Å². The maximum Gasteiger partial charge on any atom is 0.0669 e. The second kappa shape index (κ2) is 6.72. The molecule has 1 aliphatic rings. The van der Waals surface area contributed by atoms with Gasteiger partial charge in [0.2, 0.25) is 0 Å². The van der Waals surface area contributed by atoms with E-state index in [9.17, 15) is 5.11 Å². The molecule has 1 atom stereocenters. The summed E-state index contributed by atoms with van der Waals surface area (Å²) in [5.41, 5.74) is 5.87. The number of rotatable bonds is 7. The van der Waals surface area contributed by atoms with Crippen LogP contribution in [0.4, 0.5) is 0 Å². The average Bonchev–Trinajstić information content (AvgIpc) is 2.69. The fourth-order valence-electron chi connectivity index (χ4n) is 2.92. The van der Waals surface area contributed by atoms with Crippen LogP contribution in [0.2, 0.25) is 0 Å². The Morgan fingerprint density at radius 3 is 2.47 bits per heavy atom. The number of aliphatic hydroxyl groups is 1. The normalized spacial score (nSPS) is 20.1. The van der Waals surface area contributed by atoms with Crippen molar-refractivity contribution in [3.05, 3.63) is 0 Å². The number of nitrogens with zero attached hydrogens (tertiary/aromatic N) is 1. The highest BCUT2D eigenvalue weighted by atomic mass is 16.3. The molecule has 1 saturated carbocycles. The zero-order chi connectivity index (χ0) is 12.9. The molecule has 0 aromatic rings. The number of hydrogen-bond donors (Lipinski definition) is 2. The Balaban J connectivity index is 2.22. The summed E-state index contributed by atoms with van der Waals surface area (Å²) in [6.07, 6.45) is 6.15. The largest absolute Gasteiger partial charge is 0.392 e. The van der Waals surface area contributed by atoms with E-state index in [-0.39, 0.29) is 11.5 Å². The maximum atomic E-state index is 10.1. The van der Waals surface area contributed by atoms with E-state index in [0.717, 1.165) is 25.4 Å². The summed E-state index contributed by atoms with van der Waals surface area (Å²) in [5, 5.41) is 10.1. The molecule has 1 aliphatic carbocycles. The minimum Gasteiger partial charge on any atom is -0.392 e. The third kappa shape index (κ3) is 5.84. The van der Waals surface area contributed by atoms with Gasteiger partial charge < -0.3 is 15.7 Å². The topological polar surface area (TPSA) is 49.5 Å². The molecule has 0 amide bonds. The zero-order valence-corrected chi connectivity index (χ0v) is 11.8. The minimum absolute atomic E-state index is 0.141. The fraction of sp³-hybridized carbons (Fsp3) is 1.00. The Morgan fingerprint density at radius 1 is 1.35 bits per heavy atom. The Morgan fingerprint density at radius 2 is 1.94 bits per heavy atom. The van der Waals surface area contributed by atoms with Gasteiger partial charge in [0.25, 0.3) is 0 Å². The molecule has 1 rings (SSSR count). The van der Waals surface area contributed by atoms with E-state index in [1.807, 2.05) is 0 Å². The molecule has 0 saturated heterocycles. The third-order valence-electron chi connectivity index (χ3n) is 3.85. The van der Waals surface area contributed by atoms with Crippen molar-refractivity contribution in [2.75, 3.05) is 26.7 Å². The molecule has 0 aliphatic heterocycles. The molecular formula is C14H30N2O. The summed E-state index contributed by atoms with van der Waals surface area (Å²) < 4.78 is 0. The van der Waals surface area contributed by atoms with Gasteiger partial charge in [0.1, 0.15) is 0 Å². The first kappa shape index (κ1) is 14.9. The standard InChI is InChI=1S/C14H30N2O/c1-14(2,10-15)11-16(3)9-13(17)8-12-6-4-5-7-12/h12-13,17H,4-11,15H2,1-3H3. The van der Waals surface area contributed by atoms with Crippen LogP contribution < -0.4 is 5.73 Å². The average molecular weight is 242 g/mol. The van der Waals surface area contributed by atoms with E-state index >= 15 is 0 Å². The lowest BCUT2D eigenvalue weighted by Gasteiger charge is -2.30. The maximum absolute atomic E-state index is 10.1. The quantitative estimate of drug-likeness (QED) is 0.716. The van der Waals surface area contributed by atoms with Crippen molar-refractivity contribution >= 4 is 0 Å². The third-order valence-corrected chi connectivity index (χ3v) is 3.85. The fourth-order valence-corrected chi connectivity index (χ4v) is 2.92. The van der Waals surface area contributed by atoms with Crippen molar-refractivity contribution < 1.29 is 5.11 Å². The van der Waals surface area contributed by atoms with Crippen LogP contribution in [0.1, 0.15) is 46.0 Å². The van der Waals surface area contributed by atoms with Gasteiger partial charge in [0, 0.05) is 13.1 Å². The van der Waals surface area contributed by atoms with Crippen LogP contribution in [0.25, 0.3) is 0 Å². The molecule has 1 fully saturated rings. The first-order valence-electron chi connectivity index (χ1n) is 6.99. The number of hydrogen-bond acceptors (Lipinski definition) is 3. The van der Waals surface area contributed by atoms with E-state index in [0.29, 0.717) is 6.54 Å². The molecular weight excluding hydrogens is 212 g/mol. The van der Waals surface area contributed by atoms with Gasteiger partial charge >= 0.3 is 0 Å². The Kier molecular flexibility index (Phi) is 5.90. The number of nitrogens with two attached hydrogens (primary N) is 1. The van der Waals surface area contributed by atoms with Gasteiger partial charge in [-0.2, -0.15) is 0 Å².